The van der Waals surface area contributed by atoms with Gasteiger partial charge < -0.3 is 15.3 Å². The van der Waals surface area contributed by atoms with Gasteiger partial charge in [-0.25, -0.2) is 0 Å². The fourth-order valence-electron chi connectivity index (χ4n) is 1.56. The van der Waals surface area contributed by atoms with Crippen molar-refractivity contribution in [1.29, 1.82) is 0 Å². The van der Waals surface area contributed by atoms with E-state index >= 15 is 0 Å². The molecule has 1 rings (SSSR count). The smallest absolute Gasteiger partial charge is 0.252 e. The molecule has 0 saturated carbocycles. The van der Waals surface area contributed by atoms with Crippen LogP contribution in [0.15, 0.2) is 11.4 Å². The maximum absolute atomic E-state index is 12.0. The van der Waals surface area contributed by atoms with Gasteiger partial charge >= 0.3 is 0 Å². The number of carbonyl (C=O) groups excluding carboxylic acids is 1. The second kappa shape index (κ2) is 8.75. The van der Waals surface area contributed by atoms with Crippen LogP contribution >= 0.6 is 11.3 Å². The Morgan fingerprint density at radius 2 is 2.30 bits per heavy atom. The monoisotopic (exact) mass is 294 g/mol. The first-order valence-electron chi connectivity index (χ1n) is 6.66. The maximum atomic E-state index is 12.0. The highest BCUT2D eigenvalue weighted by Gasteiger charge is 2.11. The molecule has 0 bridgehead atoms. The molecule has 5 heteroatoms. The predicted molar refractivity (Wildman–Crippen MR) is 83.0 cm³/mol. The summed E-state index contributed by atoms with van der Waals surface area (Å²) in [7, 11) is 4.04. The minimum atomic E-state index is -0.0530. The van der Waals surface area contributed by atoms with Gasteiger partial charge in [0.2, 0.25) is 0 Å². The first-order valence-corrected chi connectivity index (χ1v) is 7.54. The quantitative estimate of drug-likeness (QED) is 0.783. The summed E-state index contributed by atoms with van der Waals surface area (Å²) in [5.74, 6) is 5.73. The number of rotatable bonds is 6. The van der Waals surface area contributed by atoms with Gasteiger partial charge in [-0.05, 0) is 40.1 Å². The minimum absolute atomic E-state index is 0.0530. The number of nitrogens with one attached hydrogen (secondary N) is 1. The van der Waals surface area contributed by atoms with Crippen LogP contribution in [-0.2, 0) is 0 Å². The molecule has 4 nitrogen and oxygen atoms in total. The Morgan fingerprint density at radius 1 is 1.55 bits per heavy atom. The zero-order chi connectivity index (χ0) is 15.0. The first-order chi connectivity index (χ1) is 9.52. The van der Waals surface area contributed by atoms with E-state index in [4.69, 9.17) is 5.11 Å². The van der Waals surface area contributed by atoms with Crippen molar-refractivity contribution >= 4 is 17.2 Å². The third-order valence-corrected chi connectivity index (χ3v) is 3.54. The molecular formula is C15H22N2O2S. The van der Waals surface area contributed by atoms with Crippen molar-refractivity contribution in [1.82, 2.24) is 10.2 Å². The molecule has 110 valence electrons. The Balaban J connectivity index is 2.50. The number of nitrogens with zero attached hydrogens (tertiary/aromatic N) is 1. The zero-order valence-electron chi connectivity index (χ0n) is 12.3. The minimum Gasteiger partial charge on any atom is -0.395 e. The van der Waals surface area contributed by atoms with Crippen LogP contribution in [-0.4, -0.2) is 49.2 Å². The second-order valence-corrected chi connectivity index (χ2v) is 5.85. The van der Waals surface area contributed by atoms with Crippen molar-refractivity contribution in [2.75, 3.05) is 27.2 Å². The number of amides is 1. The van der Waals surface area contributed by atoms with E-state index in [9.17, 15) is 4.79 Å². The lowest BCUT2D eigenvalue weighted by Crippen LogP contribution is -2.34. The summed E-state index contributed by atoms with van der Waals surface area (Å²) in [4.78, 5) is 15.0. The van der Waals surface area contributed by atoms with Crippen LogP contribution in [0.1, 0.15) is 35.0 Å². The van der Waals surface area contributed by atoms with Crippen molar-refractivity contribution in [2.45, 2.75) is 25.8 Å². The van der Waals surface area contributed by atoms with E-state index in [0.717, 1.165) is 17.8 Å². The van der Waals surface area contributed by atoms with Crippen LogP contribution in [0.5, 0.6) is 0 Å². The van der Waals surface area contributed by atoms with Crippen molar-refractivity contribution < 1.29 is 9.90 Å². The molecule has 0 aliphatic carbocycles. The predicted octanol–water partition coefficient (Wildman–Crippen LogP) is 1.55. The van der Waals surface area contributed by atoms with Gasteiger partial charge in [-0.3, -0.25) is 4.79 Å². The SMILES string of the molecule is CC(CCN(C)C)NC(=O)c1csc(C#CCCO)c1. The van der Waals surface area contributed by atoms with E-state index in [2.05, 4.69) is 22.1 Å². The molecule has 1 heterocycles. The molecule has 1 amide bonds. The number of aliphatic hydroxyl groups is 1. The third-order valence-electron chi connectivity index (χ3n) is 2.70. The largest absolute Gasteiger partial charge is 0.395 e. The summed E-state index contributed by atoms with van der Waals surface area (Å²) in [6.07, 6.45) is 1.38. The van der Waals surface area contributed by atoms with E-state index < -0.39 is 0 Å². The lowest BCUT2D eigenvalue weighted by molar-refractivity contribution is 0.0937. The van der Waals surface area contributed by atoms with Gasteiger partial charge in [0.15, 0.2) is 0 Å². The van der Waals surface area contributed by atoms with Crippen LogP contribution in [0.2, 0.25) is 0 Å². The average molecular weight is 294 g/mol. The van der Waals surface area contributed by atoms with Gasteiger partial charge in [0.1, 0.15) is 0 Å². The van der Waals surface area contributed by atoms with E-state index in [1.54, 1.807) is 6.07 Å². The molecule has 0 fully saturated rings. The highest BCUT2D eigenvalue weighted by Crippen LogP contribution is 2.13. The highest BCUT2D eigenvalue weighted by molar-refractivity contribution is 7.10. The van der Waals surface area contributed by atoms with Gasteiger partial charge in [-0.15, -0.1) is 11.3 Å². The summed E-state index contributed by atoms with van der Waals surface area (Å²) >= 11 is 1.45. The van der Waals surface area contributed by atoms with E-state index in [1.807, 2.05) is 26.4 Å². The van der Waals surface area contributed by atoms with Crippen molar-refractivity contribution in [3.05, 3.63) is 21.9 Å². The third kappa shape index (κ3) is 6.20. The fourth-order valence-corrected chi connectivity index (χ4v) is 2.31. The molecule has 1 aromatic rings. The van der Waals surface area contributed by atoms with Crippen LogP contribution in [0.25, 0.3) is 0 Å². The number of carbonyl (C=O) groups is 1. The normalized spacial score (nSPS) is 11.8. The lowest BCUT2D eigenvalue weighted by atomic mass is 10.2. The first kappa shape index (κ1) is 16.7. The molecule has 0 spiro atoms. The summed E-state index contributed by atoms with van der Waals surface area (Å²) in [5, 5.41) is 13.5. The molecule has 0 aromatic carbocycles. The van der Waals surface area contributed by atoms with Gasteiger partial charge in [0.05, 0.1) is 17.0 Å². The molecule has 1 aromatic heterocycles. The molecule has 1 atom stereocenters. The second-order valence-electron chi connectivity index (χ2n) is 4.94. The van der Waals surface area contributed by atoms with Crippen LogP contribution in [0.4, 0.5) is 0 Å². The Hall–Kier alpha value is -1.35. The molecule has 2 N–H and O–H groups in total. The van der Waals surface area contributed by atoms with Gasteiger partial charge in [0, 0.05) is 17.8 Å². The molecule has 0 aliphatic rings. The summed E-state index contributed by atoms with van der Waals surface area (Å²) in [6.45, 7) is 3.02. The molecular weight excluding hydrogens is 272 g/mol. The Morgan fingerprint density at radius 3 is 2.95 bits per heavy atom. The maximum Gasteiger partial charge on any atom is 0.252 e. The number of thiophene rings is 1. The zero-order valence-corrected chi connectivity index (χ0v) is 13.1. The summed E-state index contributed by atoms with van der Waals surface area (Å²) in [6, 6.07) is 1.94. The van der Waals surface area contributed by atoms with E-state index in [-0.39, 0.29) is 18.6 Å². The number of hydrogen-bond acceptors (Lipinski definition) is 4. The van der Waals surface area contributed by atoms with Gasteiger partial charge in [-0.1, -0.05) is 11.8 Å². The summed E-state index contributed by atoms with van der Waals surface area (Å²) in [5.41, 5.74) is 0.653. The Labute approximate surface area is 124 Å². The average Bonchev–Trinajstić information content (AvgIpc) is 2.85. The lowest BCUT2D eigenvalue weighted by Gasteiger charge is -2.16. The van der Waals surface area contributed by atoms with Crippen molar-refractivity contribution in [2.24, 2.45) is 0 Å². The fraction of sp³-hybridized carbons (Fsp3) is 0.533. The number of aliphatic hydroxyl groups excluding tert-OH is 1. The topological polar surface area (TPSA) is 52.6 Å². The highest BCUT2D eigenvalue weighted by atomic mass is 32.1. The van der Waals surface area contributed by atoms with E-state index in [1.165, 1.54) is 11.3 Å². The number of hydrogen-bond donors (Lipinski definition) is 2. The van der Waals surface area contributed by atoms with Crippen LogP contribution in [0.3, 0.4) is 0 Å². The Kier molecular flexibility index (Phi) is 7.31. The van der Waals surface area contributed by atoms with Crippen molar-refractivity contribution in [3.63, 3.8) is 0 Å². The molecule has 1 unspecified atom stereocenters. The molecule has 0 radical (unpaired) electrons. The van der Waals surface area contributed by atoms with Crippen LogP contribution in [0, 0.1) is 11.8 Å². The van der Waals surface area contributed by atoms with Gasteiger partial charge in [0.25, 0.3) is 5.91 Å². The van der Waals surface area contributed by atoms with Crippen molar-refractivity contribution in [3.8, 4) is 11.8 Å². The van der Waals surface area contributed by atoms with Gasteiger partial charge in [-0.2, -0.15) is 0 Å². The van der Waals surface area contributed by atoms with E-state index in [0.29, 0.717) is 12.0 Å². The van der Waals surface area contributed by atoms with Crippen LogP contribution < -0.4 is 5.32 Å². The molecule has 0 aliphatic heterocycles. The molecule has 0 saturated heterocycles. The Bertz CT molecular complexity index is 486. The summed E-state index contributed by atoms with van der Waals surface area (Å²) < 4.78 is 0. The standard InChI is InChI=1S/C15H22N2O2S/c1-12(7-8-17(2)3)16-15(19)13-10-14(20-11-13)6-4-5-9-18/h10-12,18H,5,7-9H2,1-3H3,(H,16,19). The molecule has 20 heavy (non-hydrogen) atoms.